The van der Waals surface area contributed by atoms with Crippen LogP contribution < -0.4 is 15.8 Å². The molecule has 1 N–H and O–H groups in total. The summed E-state index contributed by atoms with van der Waals surface area (Å²) in [5, 5.41) is 4.21. The molecule has 1 saturated heterocycles. The van der Waals surface area contributed by atoms with Gasteiger partial charge in [-0.05, 0) is 54.6 Å². The van der Waals surface area contributed by atoms with Crippen molar-refractivity contribution in [3.05, 3.63) is 57.5 Å². The van der Waals surface area contributed by atoms with E-state index in [-0.39, 0.29) is 35.1 Å². The first-order valence-corrected chi connectivity index (χ1v) is 14.2. The monoisotopic (exact) mass is 561 g/mol. The number of aryl methyl sites for hydroxylation is 1. The molecule has 0 spiro atoms. The molecule has 0 unspecified atom stereocenters. The van der Waals surface area contributed by atoms with Gasteiger partial charge >= 0.3 is 6.18 Å². The minimum Gasteiger partial charge on any atom is -0.376 e. The van der Waals surface area contributed by atoms with Crippen LogP contribution in [0.3, 0.4) is 0 Å². The summed E-state index contributed by atoms with van der Waals surface area (Å²) in [7, 11) is -2.04. The van der Waals surface area contributed by atoms with Crippen LogP contribution in [0.5, 0.6) is 0 Å². The van der Waals surface area contributed by atoms with E-state index in [1.165, 1.54) is 9.47 Å². The molecule has 1 aromatic carbocycles. The lowest BCUT2D eigenvalue weighted by Gasteiger charge is -2.37. The first-order chi connectivity index (χ1) is 18.2. The van der Waals surface area contributed by atoms with Gasteiger partial charge in [-0.15, -0.1) is 6.42 Å². The Balaban J connectivity index is 1.73. The molecular formula is C27H30F3N5O3S. The van der Waals surface area contributed by atoms with Crippen molar-refractivity contribution in [1.82, 2.24) is 14.5 Å². The van der Waals surface area contributed by atoms with Crippen LogP contribution in [0.15, 0.2) is 40.2 Å². The second-order valence-corrected chi connectivity index (χ2v) is 11.8. The Morgan fingerprint density at radius 3 is 2.38 bits per heavy atom. The smallest absolute Gasteiger partial charge is 0.376 e. The molecule has 0 aliphatic carbocycles. The van der Waals surface area contributed by atoms with E-state index in [2.05, 4.69) is 16.2 Å². The molecule has 1 aliphatic rings. The van der Waals surface area contributed by atoms with Crippen molar-refractivity contribution in [3.63, 3.8) is 0 Å². The van der Waals surface area contributed by atoms with Gasteiger partial charge in [0, 0.05) is 50.9 Å². The van der Waals surface area contributed by atoms with E-state index in [4.69, 9.17) is 6.42 Å². The van der Waals surface area contributed by atoms with Gasteiger partial charge in [-0.25, -0.2) is 13.4 Å². The number of piperazine rings is 1. The summed E-state index contributed by atoms with van der Waals surface area (Å²) < 4.78 is 64.9. The van der Waals surface area contributed by atoms with Gasteiger partial charge in [0.25, 0.3) is 5.56 Å². The molecule has 39 heavy (non-hydrogen) atoms. The van der Waals surface area contributed by atoms with Crippen LogP contribution in [0.1, 0.15) is 29.8 Å². The average molecular weight is 562 g/mol. The minimum atomic E-state index is -4.26. The largest absolute Gasteiger partial charge is 0.401 e. The molecule has 208 valence electrons. The zero-order chi connectivity index (χ0) is 28.7. The number of rotatable bonds is 6. The number of aromatic nitrogens is 2. The summed E-state index contributed by atoms with van der Waals surface area (Å²) in [6, 6.07) is 8.27. The lowest BCUT2D eigenvalue weighted by Crippen LogP contribution is -2.50. The molecule has 3 heterocycles. The Kier molecular flexibility index (Phi) is 7.69. The predicted octanol–water partition coefficient (Wildman–Crippen LogP) is 3.48. The fourth-order valence-electron chi connectivity index (χ4n) is 4.95. The first-order valence-electron chi connectivity index (χ1n) is 12.3. The summed E-state index contributed by atoms with van der Waals surface area (Å²) in [5.41, 5.74) is 1.86. The third kappa shape index (κ3) is 6.20. The first kappa shape index (κ1) is 28.4. The molecule has 0 saturated carbocycles. The summed E-state index contributed by atoms with van der Waals surface area (Å²) in [4.78, 5) is 20.8. The highest BCUT2D eigenvalue weighted by Crippen LogP contribution is 2.32. The van der Waals surface area contributed by atoms with Gasteiger partial charge in [0.1, 0.15) is 11.5 Å². The van der Waals surface area contributed by atoms with Crippen LogP contribution in [0.25, 0.3) is 10.8 Å². The van der Waals surface area contributed by atoms with Crippen LogP contribution in [-0.4, -0.2) is 68.0 Å². The fourth-order valence-corrected chi connectivity index (χ4v) is 5.74. The molecule has 2 aromatic heterocycles. The third-order valence-electron chi connectivity index (χ3n) is 6.81. The molecule has 4 rings (SSSR count). The summed E-state index contributed by atoms with van der Waals surface area (Å²) in [6.07, 6.45) is 2.20. The van der Waals surface area contributed by atoms with Gasteiger partial charge in [-0.3, -0.25) is 14.3 Å². The fraction of sp³-hybridized carbons (Fsp3) is 0.407. The Bertz CT molecular complexity index is 1620. The number of fused-ring (bicyclic) bond motifs is 1. The molecule has 12 heteroatoms. The van der Waals surface area contributed by atoms with Crippen LogP contribution in [-0.2, 0) is 16.9 Å². The van der Waals surface area contributed by atoms with E-state index in [1.807, 2.05) is 30.9 Å². The van der Waals surface area contributed by atoms with E-state index < -0.39 is 28.6 Å². The summed E-state index contributed by atoms with van der Waals surface area (Å²) in [5.74, 6) is 2.95. The number of pyridine rings is 2. The van der Waals surface area contributed by atoms with Gasteiger partial charge in [-0.2, -0.15) is 13.2 Å². The normalized spacial score (nSPS) is 15.8. The minimum absolute atomic E-state index is 0.171. The van der Waals surface area contributed by atoms with Crippen molar-refractivity contribution in [1.29, 1.82) is 0 Å². The molecule has 1 fully saturated rings. The average Bonchev–Trinajstić information content (AvgIpc) is 2.85. The number of benzene rings is 1. The molecule has 3 aromatic rings. The van der Waals surface area contributed by atoms with Crippen LogP contribution in [0.2, 0.25) is 0 Å². The highest BCUT2D eigenvalue weighted by molar-refractivity contribution is 7.90. The number of terminal acetylenes is 1. The Labute approximate surface area is 225 Å². The van der Waals surface area contributed by atoms with Crippen molar-refractivity contribution in [3.8, 4) is 12.3 Å². The maximum Gasteiger partial charge on any atom is 0.401 e. The van der Waals surface area contributed by atoms with Gasteiger partial charge in [0.2, 0.25) is 0 Å². The van der Waals surface area contributed by atoms with Gasteiger partial charge in [0.15, 0.2) is 14.9 Å². The van der Waals surface area contributed by atoms with Gasteiger partial charge in [0.05, 0.1) is 12.2 Å². The number of halogens is 3. The SMILES string of the molecule is C#Cc1ccc(N[C@H](C)c2cc(C)cc3c(=O)n(C)c(N4CCN(CC(F)(F)F)CC4)cc23)c(S(C)(=O)=O)n1. The maximum absolute atomic E-state index is 13.4. The van der Waals surface area contributed by atoms with Gasteiger partial charge in [-0.1, -0.05) is 12.0 Å². The van der Waals surface area contributed by atoms with Crippen molar-refractivity contribution < 1.29 is 21.6 Å². The van der Waals surface area contributed by atoms with Crippen LogP contribution >= 0.6 is 0 Å². The molecule has 0 bridgehead atoms. The van der Waals surface area contributed by atoms with Crippen LogP contribution in [0, 0.1) is 19.3 Å². The van der Waals surface area contributed by atoms with E-state index in [1.54, 1.807) is 25.2 Å². The second kappa shape index (κ2) is 10.5. The Morgan fingerprint density at radius 1 is 1.13 bits per heavy atom. The van der Waals surface area contributed by atoms with E-state index in [0.717, 1.165) is 17.4 Å². The number of nitrogens with one attached hydrogen (secondary N) is 1. The zero-order valence-electron chi connectivity index (χ0n) is 22.1. The molecule has 1 aliphatic heterocycles. The number of nitrogens with zero attached hydrogens (tertiary/aromatic N) is 4. The lowest BCUT2D eigenvalue weighted by atomic mass is 9.97. The van der Waals surface area contributed by atoms with Crippen LogP contribution in [0.4, 0.5) is 24.7 Å². The highest BCUT2D eigenvalue weighted by atomic mass is 32.2. The number of anilines is 2. The number of hydrogen-bond acceptors (Lipinski definition) is 7. The molecule has 0 amide bonds. The number of hydrogen-bond donors (Lipinski definition) is 1. The maximum atomic E-state index is 13.4. The lowest BCUT2D eigenvalue weighted by molar-refractivity contribution is -0.146. The van der Waals surface area contributed by atoms with E-state index >= 15 is 0 Å². The third-order valence-corrected chi connectivity index (χ3v) is 7.82. The van der Waals surface area contributed by atoms with E-state index in [0.29, 0.717) is 29.7 Å². The predicted molar refractivity (Wildman–Crippen MR) is 146 cm³/mol. The van der Waals surface area contributed by atoms with Gasteiger partial charge < -0.3 is 10.2 Å². The number of alkyl halides is 3. The Morgan fingerprint density at radius 2 is 1.79 bits per heavy atom. The van der Waals surface area contributed by atoms with Crippen molar-refractivity contribution in [2.45, 2.75) is 31.1 Å². The highest BCUT2D eigenvalue weighted by Gasteiger charge is 2.32. The molecule has 1 atom stereocenters. The van der Waals surface area contributed by atoms with Crippen molar-refractivity contribution >= 4 is 32.1 Å². The topological polar surface area (TPSA) is 87.5 Å². The standard InChI is InChI=1S/C27H30F3N5O3S/c1-6-19-7-8-23(25(32-19)39(5,37)38)31-18(3)20-13-17(2)14-22-21(20)15-24(33(4)26(22)36)35-11-9-34(10-12-35)16-27(28,29)30/h1,7-8,13-15,18,31H,9-12,16H2,2-5H3/t18-/m1/s1. The second-order valence-electron chi connectivity index (χ2n) is 9.89. The summed E-state index contributed by atoms with van der Waals surface area (Å²) in [6.45, 7) is 3.88. The Hall–Kier alpha value is -3.56. The number of sulfone groups is 1. The molecule has 8 nitrogen and oxygen atoms in total. The van der Waals surface area contributed by atoms with Crippen molar-refractivity contribution in [2.24, 2.45) is 7.05 Å². The molecule has 0 radical (unpaired) electrons. The zero-order valence-corrected chi connectivity index (χ0v) is 22.9. The van der Waals surface area contributed by atoms with Crippen molar-refractivity contribution in [2.75, 3.05) is 49.2 Å². The quantitative estimate of drug-likeness (QED) is 0.461. The summed E-state index contributed by atoms with van der Waals surface area (Å²) >= 11 is 0. The molecular weight excluding hydrogens is 531 g/mol. The van der Waals surface area contributed by atoms with E-state index in [9.17, 15) is 26.4 Å².